The molecule has 1 aliphatic carbocycles. The maximum atomic E-state index is 13.0. The predicted molar refractivity (Wildman–Crippen MR) is 57.1 cm³/mol. The first-order valence-corrected chi connectivity index (χ1v) is 5.17. The van der Waals surface area contributed by atoms with E-state index in [-0.39, 0.29) is 10.4 Å². The third-order valence-electron chi connectivity index (χ3n) is 3.34. The highest BCUT2D eigenvalue weighted by Gasteiger charge is 2.63. The second-order valence-corrected chi connectivity index (χ2v) is 5.11. The van der Waals surface area contributed by atoms with E-state index in [1.165, 1.54) is 6.07 Å². The summed E-state index contributed by atoms with van der Waals surface area (Å²) in [6, 6.07) is 6.87. The lowest BCUT2D eigenvalue weighted by Crippen LogP contribution is -2.11. The van der Waals surface area contributed by atoms with Gasteiger partial charge in [0, 0.05) is 0 Å². The molecule has 0 heterocycles. The lowest BCUT2D eigenvalue weighted by molar-refractivity contribution is 0.568. The van der Waals surface area contributed by atoms with Crippen molar-refractivity contribution in [2.75, 3.05) is 0 Å². The highest BCUT2D eigenvalue weighted by molar-refractivity contribution is 6.30. The molecular formula is C12H11ClFN. The van der Waals surface area contributed by atoms with E-state index in [0.717, 1.165) is 12.0 Å². The quantitative estimate of drug-likeness (QED) is 0.713. The van der Waals surface area contributed by atoms with E-state index < -0.39 is 11.2 Å². The number of hydrogen-bond donors (Lipinski definition) is 0. The monoisotopic (exact) mass is 223 g/mol. The van der Waals surface area contributed by atoms with Gasteiger partial charge in [-0.1, -0.05) is 31.5 Å². The van der Waals surface area contributed by atoms with E-state index in [2.05, 4.69) is 6.07 Å². The van der Waals surface area contributed by atoms with Gasteiger partial charge >= 0.3 is 0 Å². The molecule has 0 radical (unpaired) electrons. The van der Waals surface area contributed by atoms with Crippen molar-refractivity contribution >= 4 is 11.6 Å². The molecule has 1 unspecified atom stereocenters. The van der Waals surface area contributed by atoms with Crippen molar-refractivity contribution in [2.45, 2.75) is 25.7 Å². The molecule has 0 bridgehead atoms. The SMILES string of the molecule is CC1(C)CC1(C#N)c1ccc(F)c(Cl)c1. The van der Waals surface area contributed by atoms with Gasteiger partial charge in [0.2, 0.25) is 0 Å². The van der Waals surface area contributed by atoms with Crippen molar-refractivity contribution in [1.82, 2.24) is 0 Å². The molecule has 1 atom stereocenters. The molecule has 15 heavy (non-hydrogen) atoms. The van der Waals surface area contributed by atoms with Crippen LogP contribution < -0.4 is 0 Å². The summed E-state index contributed by atoms with van der Waals surface area (Å²) in [6.45, 7) is 4.07. The molecule has 2 rings (SSSR count). The average Bonchev–Trinajstić information content (AvgIpc) is 2.75. The van der Waals surface area contributed by atoms with E-state index in [1.807, 2.05) is 13.8 Å². The zero-order valence-corrected chi connectivity index (χ0v) is 9.40. The summed E-state index contributed by atoms with van der Waals surface area (Å²) in [5.41, 5.74) is 0.300. The van der Waals surface area contributed by atoms with Crippen molar-refractivity contribution in [3.63, 3.8) is 0 Å². The normalized spacial score (nSPS) is 27.1. The molecule has 0 aliphatic heterocycles. The summed E-state index contributed by atoms with van der Waals surface area (Å²) in [5, 5.41) is 9.31. The van der Waals surface area contributed by atoms with Gasteiger partial charge in [0.1, 0.15) is 5.82 Å². The van der Waals surface area contributed by atoms with Crippen molar-refractivity contribution in [3.05, 3.63) is 34.6 Å². The van der Waals surface area contributed by atoms with E-state index in [4.69, 9.17) is 11.6 Å². The first-order valence-electron chi connectivity index (χ1n) is 4.80. The fourth-order valence-electron chi connectivity index (χ4n) is 2.13. The Kier molecular flexibility index (Phi) is 2.06. The summed E-state index contributed by atoms with van der Waals surface area (Å²) in [4.78, 5) is 0. The number of rotatable bonds is 1. The summed E-state index contributed by atoms with van der Waals surface area (Å²) in [7, 11) is 0. The molecule has 1 aromatic carbocycles. The minimum Gasteiger partial charge on any atom is -0.205 e. The summed E-state index contributed by atoms with van der Waals surface area (Å²) >= 11 is 5.71. The molecule has 0 amide bonds. The predicted octanol–water partition coefficient (Wildman–Crippen LogP) is 3.67. The molecular weight excluding hydrogens is 213 g/mol. The minimum atomic E-state index is -0.482. The third kappa shape index (κ3) is 1.34. The number of halogens is 2. The van der Waals surface area contributed by atoms with E-state index in [1.54, 1.807) is 12.1 Å². The van der Waals surface area contributed by atoms with Gasteiger partial charge in [-0.15, -0.1) is 0 Å². The Morgan fingerprint density at radius 2 is 2.07 bits per heavy atom. The standard InChI is InChI=1S/C12H11ClFN/c1-11(2)6-12(11,7-15)8-3-4-10(14)9(13)5-8/h3-5H,6H2,1-2H3. The number of nitrogens with zero attached hydrogens (tertiary/aromatic N) is 1. The highest BCUT2D eigenvalue weighted by Crippen LogP contribution is 2.64. The van der Waals surface area contributed by atoms with Crippen LogP contribution in [0.2, 0.25) is 5.02 Å². The van der Waals surface area contributed by atoms with Gasteiger partial charge in [0.15, 0.2) is 0 Å². The van der Waals surface area contributed by atoms with Gasteiger partial charge in [-0.3, -0.25) is 0 Å². The molecule has 1 aromatic rings. The van der Waals surface area contributed by atoms with Crippen LogP contribution in [0.1, 0.15) is 25.8 Å². The van der Waals surface area contributed by atoms with Crippen molar-refractivity contribution in [1.29, 1.82) is 5.26 Å². The second kappa shape index (κ2) is 2.96. The summed E-state index contributed by atoms with van der Waals surface area (Å²) in [6.07, 6.45) is 0.804. The van der Waals surface area contributed by atoms with Crippen LogP contribution in [-0.2, 0) is 5.41 Å². The molecule has 3 heteroatoms. The molecule has 1 nitrogen and oxygen atoms in total. The van der Waals surface area contributed by atoms with Crippen LogP contribution in [0.3, 0.4) is 0 Å². The second-order valence-electron chi connectivity index (χ2n) is 4.71. The van der Waals surface area contributed by atoms with Crippen LogP contribution in [-0.4, -0.2) is 0 Å². The van der Waals surface area contributed by atoms with Crippen LogP contribution in [0.15, 0.2) is 18.2 Å². The number of hydrogen-bond acceptors (Lipinski definition) is 1. The molecule has 1 fully saturated rings. The van der Waals surface area contributed by atoms with Gasteiger partial charge in [-0.25, -0.2) is 4.39 Å². The molecule has 0 aromatic heterocycles. The Bertz CT molecular complexity index is 461. The van der Waals surface area contributed by atoms with E-state index in [0.29, 0.717) is 0 Å². The Balaban J connectivity index is 2.48. The Morgan fingerprint density at radius 1 is 1.47 bits per heavy atom. The third-order valence-corrected chi connectivity index (χ3v) is 3.63. The first kappa shape index (κ1) is 10.4. The molecule has 1 aliphatic rings. The fourth-order valence-corrected chi connectivity index (χ4v) is 2.31. The van der Waals surface area contributed by atoms with Gasteiger partial charge in [-0.05, 0) is 29.5 Å². The Labute approximate surface area is 93.5 Å². The topological polar surface area (TPSA) is 23.8 Å². The maximum absolute atomic E-state index is 13.0. The zero-order valence-electron chi connectivity index (χ0n) is 8.64. The fraction of sp³-hybridized carbons (Fsp3) is 0.417. The molecule has 0 saturated heterocycles. The van der Waals surface area contributed by atoms with Gasteiger partial charge < -0.3 is 0 Å². The first-order chi connectivity index (χ1) is 6.93. The zero-order chi connectivity index (χ0) is 11.3. The van der Waals surface area contributed by atoms with Gasteiger partial charge in [0.25, 0.3) is 0 Å². The van der Waals surface area contributed by atoms with Crippen molar-refractivity contribution in [2.24, 2.45) is 5.41 Å². The molecule has 1 saturated carbocycles. The van der Waals surface area contributed by atoms with Crippen LogP contribution in [0.4, 0.5) is 4.39 Å². The largest absolute Gasteiger partial charge is 0.205 e. The van der Waals surface area contributed by atoms with E-state index in [9.17, 15) is 9.65 Å². The average molecular weight is 224 g/mol. The van der Waals surface area contributed by atoms with Crippen LogP contribution in [0, 0.1) is 22.6 Å². The van der Waals surface area contributed by atoms with Gasteiger partial charge in [0.05, 0.1) is 16.5 Å². The van der Waals surface area contributed by atoms with Crippen LogP contribution in [0.5, 0.6) is 0 Å². The maximum Gasteiger partial charge on any atom is 0.141 e. The Morgan fingerprint density at radius 3 is 2.47 bits per heavy atom. The van der Waals surface area contributed by atoms with Crippen LogP contribution in [0.25, 0.3) is 0 Å². The molecule has 78 valence electrons. The lowest BCUT2D eigenvalue weighted by Gasteiger charge is -2.12. The molecule has 0 spiro atoms. The van der Waals surface area contributed by atoms with Gasteiger partial charge in [-0.2, -0.15) is 5.26 Å². The lowest BCUT2D eigenvalue weighted by atomic mass is 9.89. The summed E-state index contributed by atoms with van der Waals surface area (Å²) in [5.74, 6) is -0.438. The highest BCUT2D eigenvalue weighted by atomic mass is 35.5. The summed E-state index contributed by atoms with van der Waals surface area (Å²) < 4.78 is 13.0. The van der Waals surface area contributed by atoms with Crippen molar-refractivity contribution < 1.29 is 4.39 Å². The smallest absolute Gasteiger partial charge is 0.141 e. The minimum absolute atomic E-state index is 0.0388. The number of benzene rings is 1. The van der Waals surface area contributed by atoms with E-state index >= 15 is 0 Å². The Hall–Kier alpha value is -1.07. The van der Waals surface area contributed by atoms with Crippen LogP contribution >= 0.6 is 11.6 Å². The van der Waals surface area contributed by atoms with Crippen molar-refractivity contribution in [3.8, 4) is 6.07 Å². The number of nitriles is 1. The molecule has 0 N–H and O–H groups in total.